The minimum Gasteiger partial charge on any atom is -0.475 e. The number of benzene rings is 1. The van der Waals surface area contributed by atoms with E-state index in [1.165, 1.54) is 30.0 Å². The number of anilines is 1. The Hall–Kier alpha value is -4.03. The van der Waals surface area contributed by atoms with Crippen LogP contribution in [-0.4, -0.2) is 76.1 Å². The average molecular weight is 607 g/mol. The number of nitriles is 1. The fourth-order valence-corrected chi connectivity index (χ4v) is 9.00. The van der Waals surface area contributed by atoms with Crippen LogP contribution in [-0.2, 0) is 24.1 Å². The largest absolute Gasteiger partial charge is 0.475 e. The van der Waals surface area contributed by atoms with Gasteiger partial charge in [0, 0.05) is 42.0 Å². The summed E-state index contributed by atoms with van der Waals surface area (Å²) in [6.45, 7) is 7.67. The second-order valence-corrected chi connectivity index (χ2v) is 13.5. The molecule has 0 radical (unpaired) electrons. The standard InChI is InChI=1S/C36H39FN6O2/c1-2-33(44)42-16-10-31-32(42)21-43(31)34-25(9-13-38)35(45-22-36-11-5-14-41(36)15-6-12-36)40-30-18-26(29(37)17-27(30)34)28-20-39-19-23-7-3-4-8-24(23)28/h2,17-20,31-32H,1,3-12,14-16,21-22H2/t31-,32-/m1/s1. The molecule has 4 saturated heterocycles. The number of ether oxygens (including phenoxy) is 1. The van der Waals surface area contributed by atoms with E-state index in [1.54, 1.807) is 12.3 Å². The number of aromatic nitrogens is 2. The van der Waals surface area contributed by atoms with Crippen molar-refractivity contribution in [3.8, 4) is 23.1 Å². The van der Waals surface area contributed by atoms with Gasteiger partial charge in [-0.2, -0.15) is 5.26 Å². The van der Waals surface area contributed by atoms with Gasteiger partial charge < -0.3 is 14.5 Å². The molecule has 4 aliphatic heterocycles. The Morgan fingerprint density at radius 1 is 1.11 bits per heavy atom. The first kappa shape index (κ1) is 28.4. The molecule has 0 saturated carbocycles. The number of rotatable bonds is 7. The highest BCUT2D eigenvalue weighted by molar-refractivity contribution is 5.98. The lowest BCUT2D eigenvalue weighted by Gasteiger charge is -2.49. The predicted molar refractivity (Wildman–Crippen MR) is 171 cm³/mol. The Morgan fingerprint density at radius 3 is 2.73 bits per heavy atom. The first-order valence-corrected chi connectivity index (χ1v) is 16.6. The normalized spacial score (nSPS) is 23.3. The molecule has 0 N–H and O–H groups in total. The van der Waals surface area contributed by atoms with Crippen LogP contribution in [0.25, 0.3) is 22.0 Å². The summed E-state index contributed by atoms with van der Waals surface area (Å²) in [7, 11) is 0. The fraction of sp³-hybridized carbons (Fsp3) is 0.500. The minimum atomic E-state index is -0.318. The van der Waals surface area contributed by atoms with E-state index in [2.05, 4.69) is 27.4 Å². The van der Waals surface area contributed by atoms with Crippen molar-refractivity contribution >= 4 is 22.5 Å². The zero-order valence-electron chi connectivity index (χ0n) is 25.7. The molecule has 1 aliphatic carbocycles. The molecule has 8 nitrogen and oxygen atoms in total. The van der Waals surface area contributed by atoms with Gasteiger partial charge in [-0.1, -0.05) is 6.58 Å². The van der Waals surface area contributed by atoms with Crippen LogP contribution in [0.5, 0.6) is 5.88 Å². The summed E-state index contributed by atoms with van der Waals surface area (Å²) in [6.07, 6.45) is 14.6. The van der Waals surface area contributed by atoms with E-state index in [-0.39, 0.29) is 35.8 Å². The number of halogens is 1. The highest BCUT2D eigenvalue weighted by Gasteiger charge is 2.50. The maximum atomic E-state index is 16.3. The van der Waals surface area contributed by atoms with Gasteiger partial charge in [-0.15, -0.1) is 0 Å². The monoisotopic (exact) mass is 606 g/mol. The number of carbonyl (C=O) groups excluding carboxylic acids is 1. The van der Waals surface area contributed by atoms with Crippen molar-refractivity contribution in [2.45, 2.75) is 81.8 Å². The Bertz CT molecular complexity index is 1740. The quantitative estimate of drug-likeness (QED) is 0.335. The third-order valence-corrected chi connectivity index (χ3v) is 11.3. The van der Waals surface area contributed by atoms with Crippen molar-refractivity contribution in [2.24, 2.45) is 0 Å². The Kier molecular flexibility index (Phi) is 7.01. The lowest BCUT2D eigenvalue weighted by atomic mass is 9.87. The number of fused-ring (bicyclic) bond motifs is 4. The second kappa shape index (κ2) is 11.1. The van der Waals surface area contributed by atoms with Crippen molar-refractivity contribution < 1.29 is 13.9 Å². The maximum Gasteiger partial charge on any atom is 0.246 e. The third-order valence-electron chi connectivity index (χ3n) is 11.3. The van der Waals surface area contributed by atoms with E-state index < -0.39 is 0 Å². The molecule has 1 amide bonds. The molecule has 4 fully saturated rings. The summed E-state index contributed by atoms with van der Waals surface area (Å²) in [5.41, 5.74) is 5.91. The molecule has 8 rings (SSSR count). The zero-order valence-corrected chi connectivity index (χ0v) is 25.7. The van der Waals surface area contributed by atoms with Crippen LogP contribution < -0.4 is 9.64 Å². The molecule has 0 unspecified atom stereocenters. The zero-order chi connectivity index (χ0) is 30.7. The molecular formula is C36H39FN6O2. The molecule has 0 bridgehead atoms. The van der Waals surface area contributed by atoms with E-state index in [1.807, 2.05) is 17.2 Å². The van der Waals surface area contributed by atoms with Gasteiger partial charge >= 0.3 is 0 Å². The maximum absolute atomic E-state index is 16.3. The molecule has 2 aromatic heterocycles. The van der Waals surface area contributed by atoms with Crippen LogP contribution in [0.15, 0.2) is 37.2 Å². The van der Waals surface area contributed by atoms with Crippen LogP contribution in [0.2, 0.25) is 0 Å². The second-order valence-electron chi connectivity index (χ2n) is 13.5. The minimum absolute atomic E-state index is 0.0162. The number of amides is 1. The van der Waals surface area contributed by atoms with Crippen LogP contribution in [0.3, 0.4) is 0 Å². The van der Waals surface area contributed by atoms with Crippen LogP contribution >= 0.6 is 0 Å². The van der Waals surface area contributed by atoms with Gasteiger partial charge in [-0.25, -0.2) is 9.37 Å². The van der Waals surface area contributed by atoms with Gasteiger partial charge in [0.1, 0.15) is 12.4 Å². The highest BCUT2D eigenvalue weighted by atomic mass is 19.1. The summed E-state index contributed by atoms with van der Waals surface area (Å²) < 4.78 is 23.0. The summed E-state index contributed by atoms with van der Waals surface area (Å²) >= 11 is 0. The van der Waals surface area contributed by atoms with Gasteiger partial charge in [0.05, 0.1) is 46.9 Å². The number of pyridine rings is 2. The molecule has 0 spiro atoms. The third kappa shape index (κ3) is 4.52. The van der Waals surface area contributed by atoms with Crippen molar-refractivity contribution in [3.05, 3.63) is 59.7 Å². The highest BCUT2D eigenvalue weighted by Crippen LogP contribution is 2.46. The summed E-state index contributed by atoms with van der Waals surface area (Å²) in [5.74, 6) is 0.0927. The molecule has 5 aliphatic rings. The van der Waals surface area contributed by atoms with Crippen molar-refractivity contribution in [1.82, 2.24) is 19.8 Å². The molecule has 1 aromatic carbocycles. The summed E-state index contributed by atoms with van der Waals surface area (Å²) in [5, 5.41) is 10.7. The Balaban J connectivity index is 1.26. The smallest absolute Gasteiger partial charge is 0.246 e. The first-order chi connectivity index (χ1) is 22.0. The lowest BCUT2D eigenvalue weighted by Crippen LogP contribution is -2.63. The van der Waals surface area contributed by atoms with E-state index in [0.717, 1.165) is 69.3 Å². The lowest BCUT2D eigenvalue weighted by molar-refractivity contribution is -0.127. The number of likely N-dealkylation sites (tertiary alicyclic amines) is 1. The van der Waals surface area contributed by atoms with Crippen molar-refractivity contribution in [2.75, 3.05) is 37.7 Å². The SMILES string of the molecule is C=CC(=O)N1CC[C@@H]2[C@H]1CN2c1c(CC#N)c(OCC23CCCN2CCC3)nc2cc(-c3cncc4c3CCCC4)c(F)cc12. The van der Waals surface area contributed by atoms with Gasteiger partial charge in [0.25, 0.3) is 0 Å². The average Bonchev–Trinajstić information content (AvgIpc) is 3.73. The van der Waals surface area contributed by atoms with Gasteiger partial charge in [0.2, 0.25) is 11.8 Å². The summed E-state index contributed by atoms with van der Waals surface area (Å²) in [4.78, 5) is 28.8. The molecule has 9 heteroatoms. The van der Waals surface area contributed by atoms with Crippen LogP contribution in [0.1, 0.15) is 61.6 Å². The van der Waals surface area contributed by atoms with Crippen LogP contribution in [0.4, 0.5) is 10.1 Å². The van der Waals surface area contributed by atoms with Gasteiger partial charge in [-0.3, -0.25) is 14.7 Å². The number of carbonyl (C=O) groups is 1. The molecule has 45 heavy (non-hydrogen) atoms. The topological polar surface area (TPSA) is 85.6 Å². The van der Waals surface area contributed by atoms with E-state index >= 15 is 4.39 Å². The molecule has 6 heterocycles. The molecule has 232 valence electrons. The fourth-order valence-electron chi connectivity index (χ4n) is 9.00. The first-order valence-electron chi connectivity index (χ1n) is 16.6. The Labute approximate surface area is 263 Å². The van der Waals surface area contributed by atoms with Crippen LogP contribution in [0, 0.1) is 17.1 Å². The molecular weight excluding hydrogens is 567 g/mol. The van der Waals surface area contributed by atoms with Crippen molar-refractivity contribution in [3.63, 3.8) is 0 Å². The predicted octanol–water partition coefficient (Wildman–Crippen LogP) is 5.36. The molecule has 3 aromatic rings. The van der Waals surface area contributed by atoms with E-state index in [4.69, 9.17) is 9.72 Å². The number of nitrogens with zero attached hydrogens (tertiary/aromatic N) is 6. The van der Waals surface area contributed by atoms with E-state index in [0.29, 0.717) is 47.6 Å². The van der Waals surface area contributed by atoms with Crippen molar-refractivity contribution in [1.29, 1.82) is 5.26 Å². The van der Waals surface area contributed by atoms with E-state index in [9.17, 15) is 10.1 Å². The Morgan fingerprint density at radius 2 is 1.93 bits per heavy atom. The number of aryl methyl sites for hydroxylation is 1. The number of hydrogen-bond acceptors (Lipinski definition) is 7. The summed E-state index contributed by atoms with van der Waals surface area (Å²) in [6, 6.07) is 5.95. The van der Waals surface area contributed by atoms with Gasteiger partial charge in [-0.05, 0) is 100 Å². The molecule has 2 atom stereocenters. The van der Waals surface area contributed by atoms with Gasteiger partial charge in [0.15, 0.2) is 0 Å². The number of hydrogen-bond donors (Lipinski definition) is 0.